The molecule has 4 rings (SSSR count). The number of benzene rings is 2. The van der Waals surface area contributed by atoms with Crippen LogP contribution in [-0.2, 0) is 21.4 Å². The number of aryl methyl sites for hydroxylation is 2. The minimum Gasteiger partial charge on any atom is -0.496 e. The summed E-state index contributed by atoms with van der Waals surface area (Å²) in [5.41, 5.74) is 3.28. The summed E-state index contributed by atoms with van der Waals surface area (Å²) in [6.07, 6.45) is 4.32. The SMILES string of the molecule is COc1ccccc1CNC(=O)C1CCN(S(=O)(=O)c2c(C)noc2/C=C/c2ccc(C)cc2)CC1. The monoisotopic (exact) mass is 509 g/mol. The summed E-state index contributed by atoms with van der Waals surface area (Å²) in [7, 11) is -2.23. The van der Waals surface area contributed by atoms with E-state index in [1.165, 1.54) is 4.31 Å². The Morgan fingerprint density at radius 2 is 1.81 bits per heavy atom. The minimum absolute atomic E-state index is 0.0740. The third-order valence-corrected chi connectivity index (χ3v) is 8.46. The van der Waals surface area contributed by atoms with Gasteiger partial charge in [0.25, 0.3) is 0 Å². The number of methoxy groups -OCH3 is 1. The zero-order valence-corrected chi connectivity index (χ0v) is 21.5. The second kappa shape index (κ2) is 11.1. The number of ether oxygens (including phenoxy) is 1. The van der Waals surface area contributed by atoms with Crippen molar-refractivity contribution in [2.24, 2.45) is 5.92 Å². The molecule has 190 valence electrons. The molecule has 2 aromatic carbocycles. The molecule has 1 N–H and O–H groups in total. The smallest absolute Gasteiger partial charge is 0.248 e. The van der Waals surface area contributed by atoms with Crippen molar-refractivity contribution in [3.05, 3.63) is 76.7 Å². The van der Waals surface area contributed by atoms with Crippen LogP contribution < -0.4 is 10.1 Å². The highest BCUT2D eigenvalue weighted by molar-refractivity contribution is 7.89. The van der Waals surface area contributed by atoms with Crippen LogP contribution in [0.15, 0.2) is 57.9 Å². The summed E-state index contributed by atoms with van der Waals surface area (Å²) < 4.78 is 39.1. The van der Waals surface area contributed by atoms with Gasteiger partial charge in [0.2, 0.25) is 15.9 Å². The third kappa shape index (κ3) is 5.68. The molecule has 1 aliphatic rings. The molecule has 1 amide bonds. The van der Waals surface area contributed by atoms with Gasteiger partial charge in [0.15, 0.2) is 10.7 Å². The van der Waals surface area contributed by atoms with Crippen molar-refractivity contribution in [1.82, 2.24) is 14.8 Å². The topological polar surface area (TPSA) is 102 Å². The number of hydrogen-bond acceptors (Lipinski definition) is 6. The third-order valence-electron chi connectivity index (χ3n) is 6.41. The van der Waals surface area contributed by atoms with Crippen molar-refractivity contribution in [2.75, 3.05) is 20.2 Å². The fourth-order valence-electron chi connectivity index (χ4n) is 4.31. The summed E-state index contributed by atoms with van der Waals surface area (Å²) >= 11 is 0. The van der Waals surface area contributed by atoms with Crippen molar-refractivity contribution in [1.29, 1.82) is 0 Å². The van der Waals surface area contributed by atoms with Gasteiger partial charge in [-0.05, 0) is 44.4 Å². The number of carbonyl (C=O) groups excluding carboxylic acids is 1. The Balaban J connectivity index is 1.40. The first-order valence-corrected chi connectivity index (χ1v) is 13.3. The minimum atomic E-state index is -3.83. The highest BCUT2D eigenvalue weighted by Crippen LogP contribution is 2.29. The van der Waals surface area contributed by atoms with E-state index in [2.05, 4.69) is 10.5 Å². The molecule has 3 aromatic rings. The molecule has 8 nitrogen and oxygen atoms in total. The predicted octanol–water partition coefficient (Wildman–Crippen LogP) is 4.19. The van der Waals surface area contributed by atoms with Crippen LogP contribution in [0, 0.1) is 19.8 Å². The number of sulfonamides is 1. The summed E-state index contributed by atoms with van der Waals surface area (Å²) in [6, 6.07) is 15.4. The number of aromatic nitrogens is 1. The molecule has 0 spiro atoms. The van der Waals surface area contributed by atoms with E-state index in [-0.39, 0.29) is 35.6 Å². The van der Waals surface area contributed by atoms with Crippen molar-refractivity contribution in [3.63, 3.8) is 0 Å². The summed E-state index contributed by atoms with van der Waals surface area (Å²) in [6.45, 7) is 4.49. The summed E-state index contributed by atoms with van der Waals surface area (Å²) in [5, 5.41) is 6.87. The molecule has 1 saturated heterocycles. The first-order valence-electron chi connectivity index (χ1n) is 11.9. The average molecular weight is 510 g/mol. The van der Waals surface area contributed by atoms with Gasteiger partial charge in [0, 0.05) is 31.1 Å². The lowest BCUT2D eigenvalue weighted by Crippen LogP contribution is -2.43. The molecule has 1 fully saturated rings. The van der Waals surface area contributed by atoms with Crippen LogP contribution in [-0.4, -0.2) is 44.0 Å². The van der Waals surface area contributed by atoms with Crippen LogP contribution in [0.25, 0.3) is 12.2 Å². The highest BCUT2D eigenvalue weighted by Gasteiger charge is 2.35. The fourth-order valence-corrected chi connectivity index (χ4v) is 6.03. The van der Waals surface area contributed by atoms with Crippen molar-refractivity contribution in [3.8, 4) is 5.75 Å². The Hall–Kier alpha value is -3.43. The molecule has 0 saturated carbocycles. The summed E-state index contributed by atoms with van der Waals surface area (Å²) in [4.78, 5) is 12.8. The number of piperidine rings is 1. The Kier molecular flexibility index (Phi) is 7.91. The largest absolute Gasteiger partial charge is 0.496 e. The van der Waals surface area contributed by atoms with E-state index < -0.39 is 10.0 Å². The molecule has 36 heavy (non-hydrogen) atoms. The normalized spacial score (nSPS) is 15.3. The van der Waals surface area contributed by atoms with E-state index in [1.54, 1.807) is 26.2 Å². The molecule has 0 bridgehead atoms. The van der Waals surface area contributed by atoms with Gasteiger partial charge in [-0.15, -0.1) is 0 Å². The van der Waals surface area contributed by atoms with Crippen molar-refractivity contribution >= 4 is 28.1 Å². The number of carbonyl (C=O) groups is 1. The Morgan fingerprint density at radius 3 is 2.50 bits per heavy atom. The Labute approximate surface area is 212 Å². The number of nitrogens with one attached hydrogen (secondary N) is 1. The molecular formula is C27H31N3O5S. The van der Waals surface area contributed by atoms with Crippen LogP contribution in [0.4, 0.5) is 0 Å². The molecule has 1 aliphatic heterocycles. The van der Waals surface area contributed by atoms with Crippen LogP contribution in [0.3, 0.4) is 0 Å². The lowest BCUT2D eigenvalue weighted by atomic mass is 9.97. The van der Waals surface area contributed by atoms with Crippen molar-refractivity contribution < 1.29 is 22.5 Å². The van der Waals surface area contributed by atoms with E-state index in [0.717, 1.165) is 22.4 Å². The standard InChI is InChI=1S/C27H31N3O5S/c1-19-8-10-21(11-9-19)12-13-25-26(20(2)29-35-25)36(32,33)30-16-14-22(15-17-30)27(31)28-18-23-6-4-5-7-24(23)34-3/h4-13,22H,14-18H2,1-3H3,(H,28,31)/b13-12+. The fraction of sp³-hybridized carbons (Fsp3) is 0.333. The van der Waals surface area contributed by atoms with Crippen LogP contribution in [0.2, 0.25) is 0 Å². The van der Waals surface area contributed by atoms with Gasteiger partial charge >= 0.3 is 0 Å². The van der Waals surface area contributed by atoms with Gasteiger partial charge in [-0.1, -0.05) is 59.3 Å². The molecule has 0 radical (unpaired) electrons. The predicted molar refractivity (Wildman–Crippen MR) is 138 cm³/mol. The summed E-state index contributed by atoms with van der Waals surface area (Å²) in [5.74, 6) is 0.580. The first-order chi connectivity index (χ1) is 17.3. The van der Waals surface area contributed by atoms with E-state index >= 15 is 0 Å². The number of para-hydroxylation sites is 1. The van der Waals surface area contributed by atoms with Gasteiger partial charge in [-0.3, -0.25) is 4.79 Å². The maximum atomic E-state index is 13.5. The molecule has 2 heterocycles. The number of nitrogens with zero attached hydrogens (tertiary/aromatic N) is 2. The highest BCUT2D eigenvalue weighted by atomic mass is 32.2. The van der Waals surface area contributed by atoms with Crippen LogP contribution >= 0.6 is 0 Å². The van der Waals surface area contributed by atoms with Gasteiger partial charge < -0.3 is 14.6 Å². The zero-order chi connectivity index (χ0) is 25.7. The molecule has 0 aliphatic carbocycles. The zero-order valence-electron chi connectivity index (χ0n) is 20.7. The second-order valence-corrected chi connectivity index (χ2v) is 10.8. The van der Waals surface area contributed by atoms with Crippen LogP contribution in [0.5, 0.6) is 5.75 Å². The second-order valence-electron chi connectivity index (χ2n) is 8.91. The molecule has 9 heteroatoms. The number of hydrogen-bond donors (Lipinski definition) is 1. The first kappa shape index (κ1) is 25.7. The quantitative estimate of drug-likeness (QED) is 0.489. The number of rotatable bonds is 8. The van der Waals surface area contributed by atoms with E-state index in [1.807, 2.05) is 55.5 Å². The number of amides is 1. The van der Waals surface area contributed by atoms with E-state index in [9.17, 15) is 13.2 Å². The Bertz CT molecular complexity index is 1340. The van der Waals surface area contributed by atoms with Gasteiger partial charge in [0.05, 0.1) is 7.11 Å². The Morgan fingerprint density at radius 1 is 1.11 bits per heavy atom. The van der Waals surface area contributed by atoms with Crippen LogP contribution in [0.1, 0.15) is 41.0 Å². The van der Waals surface area contributed by atoms with E-state index in [0.29, 0.717) is 25.1 Å². The maximum Gasteiger partial charge on any atom is 0.248 e. The van der Waals surface area contributed by atoms with Gasteiger partial charge in [-0.25, -0.2) is 8.42 Å². The average Bonchev–Trinajstić information content (AvgIpc) is 3.28. The maximum absolute atomic E-state index is 13.5. The molecule has 0 unspecified atom stereocenters. The molecule has 1 aromatic heterocycles. The molecule has 0 atom stereocenters. The van der Waals surface area contributed by atoms with Crippen molar-refractivity contribution in [2.45, 2.75) is 38.1 Å². The lowest BCUT2D eigenvalue weighted by molar-refractivity contribution is -0.126. The van der Waals surface area contributed by atoms with Gasteiger partial charge in [0.1, 0.15) is 11.4 Å². The van der Waals surface area contributed by atoms with E-state index in [4.69, 9.17) is 9.26 Å². The lowest BCUT2D eigenvalue weighted by Gasteiger charge is -2.30. The molecular weight excluding hydrogens is 478 g/mol. The van der Waals surface area contributed by atoms with Gasteiger partial charge in [-0.2, -0.15) is 4.31 Å².